The van der Waals surface area contributed by atoms with E-state index in [1.54, 1.807) is 0 Å². The monoisotopic (exact) mass is 334 g/mol. The minimum atomic E-state index is -1.14. The van der Waals surface area contributed by atoms with E-state index in [9.17, 15) is 4.79 Å². The minimum absolute atomic E-state index is 0.243. The lowest BCUT2D eigenvalue weighted by atomic mass is 10.0. The maximum atomic E-state index is 13.1. The molecule has 1 aliphatic rings. The van der Waals surface area contributed by atoms with E-state index in [1.807, 2.05) is 0 Å². The molecule has 3 heteroatoms. The van der Waals surface area contributed by atoms with Crippen LogP contribution in [0.4, 0.5) is 5.69 Å². The number of anilines is 1. The van der Waals surface area contributed by atoms with Crippen LogP contribution in [-0.4, -0.2) is 30.6 Å². The van der Waals surface area contributed by atoms with Crippen LogP contribution < -0.4 is 5.32 Å². The fraction of sp³-hybridized carbons (Fsp3) is 0.650. The summed E-state index contributed by atoms with van der Waals surface area (Å²) in [6.45, 7) is 11.0. The molecule has 2 nitrogen and oxygen atoms in total. The largest absolute Gasteiger partial charge is 0.322 e. The number of amides is 1. The van der Waals surface area contributed by atoms with Gasteiger partial charge in [-0.3, -0.25) is 4.79 Å². The van der Waals surface area contributed by atoms with E-state index in [0.29, 0.717) is 0 Å². The van der Waals surface area contributed by atoms with Gasteiger partial charge in [-0.1, -0.05) is 31.0 Å². The maximum Gasteiger partial charge on any atom is 0.265 e. The van der Waals surface area contributed by atoms with Crippen molar-refractivity contribution in [2.75, 3.05) is 24.3 Å². The first-order valence-electron chi connectivity index (χ1n) is 9.10. The lowest BCUT2D eigenvalue weighted by Crippen LogP contribution is -2.34. The van der Waals surface area contributed by atoms with Gasteiger partial charge in [0, 0.05) is 19.6 Å². The van der Waals surface area contributed by atoms with E-state index < -0.39 is 7.26 Å². The molecule has 23 heavy (non-hydrogen) atoms. The highest BCUT2D eigenvalue weighted by molar-refractivity contribution is 7.76. The normalized spacial score (nSPS) is 18.5. The number of carbonyl (C=O) groups excluding carboxylic acids is 1. The van der Waals surface area contributed by atoms with Crippen molar-refractivity contribution in [3.63, 3.8) is 0 Å². The Kier molecular flexibility index (Phi) is 6.26. The molecule has 1 aromatic rings. The van der Waals surface area contributed by atoms with Crippen molar-refractivity contribution in [2.45, 2.75) is 65.5 Å². The molecule has 1 atom stereocenters. The van der Waals surface area contributed by atoms with Crippen LogP contribution in [0.2, 0.25) is 0 Å². The zero-order chi connectivity index (χ0) is 17.0. The number of hydrogen-bond donors (Lipinski definition) is 1. The summed E-state index contributed by atoms with van der Waals surface area (Å²) >= 11 is 0. The molecule has 0 radical (unpaired) electrons. The number of hydrogen-bond acceptors (Lipinski definition) is 1. The summed E-state index contributed by atoms with van der Waals surface area (Å²) in [4.78, 5) is 13.1. The predicted molar refractivity (Wildman–Crippen MR) is 104 cm³/mol. The van der Waals surface area contributed by atoms with Gasteiger partial charge in [0.25, 0.3) is 5.91 Å². The fourth-order valence-corrected chi connectivity index (χ4v) is 8.38. The lowest BCUT2D eigenvalue weighted by Gasteiger charge is -2.34. The number of carbonyl (C=O) groups is 1. The Labute approximate surface area is 142 Å². The third kappa shape index (κ3) is 4.35. The molecule has 1 aromatic carbocycles. The molecule has 1 aliphatic heterocycles. The number of benzene rings is 1. The molecule has 1 unspecified atom stereocenters. The molecule has 128 valence electrons. The van der Waals surface area contributed by atoms with Crippen molar-refractivity contribution in [3.8, 4) is 0 Å². The average Bonchev–Trinajstić information content (AvgIpc) is 2.48. The van der Waals surface area contributed by atoms with E-state index in [0.717, 1.165) is 18.5 Å². The molecule has 0 saturated carbocycles. The number of aryl methyl sites for hydroxylation is 3. The van der Waals surface area contributed by atoms with Crippen molar-refractivity contribution < 1.29 is 4.79 Å². The Hall–Kier alpha value is -0.880. The second-order valence-corrected chi connectivity index (χ2v) is 12.0. The van der Waals surface area contributed by atoms with Crippen LogP contribution >= 0.6 is 7.26 Å². The highest BCUT2D eigenvalue weighted by Gasteiger charge is 2.45. The van der Waals surface area contributed by atoms with Crippen molar-refractivity contribution in [1.29, 1.82) is 0 Å². The zero-order valence-electron chi connectivity index (χ0n) is 15.5. The molecule has 0 spiro atoms. The number of rotatable bonds is 5. The van der Waals surface area contributed by atoms with Gasteiger partial charge in [0.15, 0.2) is 0 Å². The molecule has 1 amide bonds. The van der Waals surface area contributed by atoms with E-state index in [-0.39, 0.29) is 11.6 Å². The molecular formula is C20H33NOP+. The number of nitrogens with one attached hydrogen (secondary N) is 1. The average molecular weight is 334 g/mol. The van der Waals surface area contributed by atoms with Gasteiger partial charge >= 0.3 is 0 Å². The zero-order valence-corrected chi connectivity index (χ0v) is 16.4. The first kappa shape index (κ1) is 18.5. The lowest BCUT2D eigenvalue weighted by molar-refractivity contribution is -0.116. The van der Waals surface area contributed by atoms with Crippen LogP contribution in [-0.2, 0) is 4.79 Å². The van der Waals surface area contributed by atoms with Crippen LogP contribution in [0.1, 0.15) is 55.7 Å². The highest BCUT2D eigenvalue weighted by atomic mass is 31.2. The van der Waals surface area contributed by atoms with Crippen LogP contribution in [0.25, 0.3) is 0 Å². The summed E-state index contributed by atoms with van der Waals surface area (Å²) in [5.41, 5.74) is 4.89. The topological polar surface area (TPSA) is 29.1 Å². The van der Waals surface area contributed by atoms with Crippen molar-refractivity contribution in [3.05, 3.63) is 28.8 Å². The fourth-order valence-electron chi connectivity index (χ4n) is 4.13. The van der Waals surface area contributed by atoms with Gasteiger partial charge in [0.05, 0.1) is 12.3 Å². The standard InChI is InChI=1S/C20H32NOP/c1-6-10-18(23(5)11-8-7-9-12-23)20(22)21-19-16(3)13-15(2)14-17(19)4/h13-14,18H,6-12H2,1-5H3/p+1. The Morgan fingerprint density at radius 3 is 2.22 bits per heavy atom. The van der Waals surface area contributed by atoms with Crippen LogP contribution in [0, 0.1) is 20.8 Å². The van der Waals surface area contributed by atoms with Gasteiger partial charge in [0.1, 0.15) is 5.66 Å². The Morgan fingerprint density at radius 2 is 1.70 bits per heavy atom. The summed E-state index contributed by atoms with van der Waals surface area (Å²) in [6.07, 6.45) is 8.74. The van der Waals surface area contributed by atoms with E-state index in [1.165, 1.54) is 48.3 Å². The molecule has 1 fully saturated rings. The third-order valence-electron chi connectivity index (χ3n) is 5.38. The van der Waals surface area contributed by atoms with Gasteiger partial charge in [0.2, 0.25) is 0 Å². The van der Waals surface area contributed by atoms with Gasteiger partial charge in [-0.15, -0.1) is 0 Å². The van der Waals surface area contributed by atoms with E-state index in [2.05, 4.69) is 51.8 Å². The third-order valence-corrected chi connectivity index (χ3v) is 10.1. The van der Waals surface area contributed by atoms with Crippen LogP contribution in [0.5, 0.6) is 0 Å². The van der Waals surface area contributed by atoms with Crippen molar-refractivity contribution in [2.24, 2.45) is 0 Å². The van der Waals surface area contributed by atoms with Crippen molar-refractivity contribution >= 4 is 18.9 Å². The predicted octanol–water partition coefficient (Wildman–Crippen LogP) is 5.55. The van der Waals surface area contributed by atoms with Crippen LogP contribution in [0.15, 0.2) is 12.1 Å². The Bertz CT molecular complexity index is 538. The molecule has 0 bridgehead atoms. The first-order valence-corrected chi connectivity index (χ1v) is 11.8. The second-order valence-electron chi connectivity index (χ2n) is 7.55. The summed E-state index contributed by atoms with van der Waals surface area (Å²) in [7, 11) is -1.14. The molecule has 1 saturated heterocycles. The van der Waals surface area contributed by atoms with E-state index >= 15 is 0 Å². The molecule has 1 heterocycles. The van der Waals surface area contributed by atoms with E-state index in [4.69, 9.17) is 0 Å². The SMILES string of the molecule is CCCC(C(=O)Nc1c(C)cc(C)cc1C)[P+]1(C)CCCCC1. The summed E-state index contributed by atoms with van der Waals surface area (Å²) in [5.74, 6) is 0.277. The Balaban J connectivity index is 2.22. The van der Waals surface area contributed by atoms with Gasteiger partial charge in [-0.05, 0) is 57.6 Å². The highest BCUT2D eigenvalue weighted by Crippen LogP contribution is 2.64. The van der Waals surface area contributed by atoms with Crippen LogP contribution in [0.3, 0.4) is 0 Å². The van der Waals surface area contributed by atoms with Gasteiger partial charge < -0.3 is 5.32 Å². The molecular weight excluding hydrogens is 301 g/mol. The molecule has 0 aliphatic carbocycles. The van der Waals surface area contributed by atoms with Gasteiger partial charge in [-0.25, -0.2) is 0 Å². The summed E-state index contributed by atoms with van der Waals surface area (Å²) in [6, 6.07) is 4.32. The first-order chi connectivity index (χ1) is 10.9. The quantitative estimate of drug-likeness (QED) is 0.703. The van der Waals surface area contributed by atoms with Gasteiger partial charge in [-0.2, -0.15) is 0 Å². The molecule has 0 aromatic heterocycles. The summed E-state index contributed by atoms with van der Waals surface area (Å²) < 4.78 is 0. The summed E-state index contributed by atoms with van der Waals surface area (Å²) in [5, 5.41) is 3.30. The minimum Gasteiger partial charge on any atom is -0.322 e. The molecule has 1 N–H and O–H groups in total. The molecule has 2 rings (SSSR count). The maximum absolute atomic E-state index is 13.1. The van der Waals surface area contributed by atoms with Crippen molar-refractivity contribution in [1.82, 2.24) is 0 Å². The smallest absolute Gasteiger partial charge is 0.265 e. The second kappa shape index (κ2) is 7.79. The Morgan fingerprint density at radius 1 is 1.13 bits per heavy atom.